The molecule has 2 aromatic heterocycles. The Morgan fingerprint density at radius 3 is 2.52 bits per heavy atom. The van der Waals surface area contributed by atoms with E-state index in [1.54, 1.807) is 36.4 Å². The van der Waals surface area contributed by atoms with Gasteiger partial charge in [0.2, 0.25) is 11.7 Å². The van der Waals surface area contributed by atoms with Crippen LogP contribution < -0.4 is 11.2 Å². The monoisotopic (exact) mass is 442 g/mol. The average molecular weight is 442 g/mol. The predicted octanol–water partition coefficient (Wildman–Crippen LogP) is 4.01. The molecule has 0 fully saturated rings. The van der Waals surface area contributed by atoms with Gasteiger partial charge in [-0.05, 0) is 67.4 Å². The van der Waals surface area contributed by atoms with Crippen molar-refractivity contribution in [2.45, 2.75) is 20.4 Å². The van der Waals surface area contributed by atoms with Gasteiger partial charge in [-0.15, -0.1) is 0 Å². The molecule has 0 bridgehead atoms. The van der Waals surface area contributed by atoms with Crippen LogP contribution in [0.2, 0.25) is 0 Å². The molecular weight excluding hydrogens is 423 g/mol. The number of para-hydroxylation sites is 1. The third kappa shape index (κ3) is 3.65. The van der Waals surface area contributed by atoms with E-state index in [0.717, 1.165) is 11.1 Å². The van der Waals surface area contributed by atoms with Crippen LogP contribution in [0.3, 0.4) is 0 Å². The summed E-state index contributed by atoms with van der Waals surface area (Å²) in [6.07, 6.45) is 0. The van der Waals surface area contributed by atoms with Gasteiger partial charge in [-0.3, -0.25) is 9.36 Å². The number of aromatic nitrogens is 4. The minimum absolute atomic E-state index is 0.0291. The molecule has 0 radical (unpaired) electrons. The summed E-state index contributed by atoms with van der Waals surface area (Å²) in [5.41, 5.74) is 2.43. The van der Waals surface area contributed by atoms with Crippen molar-refractivity contribution < 1.29 is 8.91 Å². The molecule has 0 saturated carbocycles. The molecule has 0 unspecified atom stereocenters. The predicted molar refractivity (Wildman–Crippen MR) is 122 cm³/mol. The lowest BCUT2D eigenvalue weighted by molar-refractivity contribution is 0.370. The van der Waals surface area contributed by atoms with E-state index in [1.165, 1.54) is 21.3 Å². The molecule has 5 aromatic rings. The maximum atomic E-state index is 13.6. The van der Waals surface area contributed by atoms with Crippen molar-refractivity contribution in [2.24, 2.45) is 0 Å². The number of rotatable bonds is 4. The lowest BCUT2D eigenvalue weighted by atomic mass is 10.1. The van der Waals surface area contributed by atoms with Crippen molar-refractivity contribution in [2.75, 3.05) is 0 Å². The number of nitrogens with zero attached hydrogens (tertiary/aromatic N) is 4. The Labute approximate surface area is 187 Å². The fourth-order valence-corrected chi connectivity index (χ4v) is 3.82. The van der Waals surface area contributed by atoms with Gasteiger partial charge in [-0.25, -0.2) is 13.8 Å². The zero-order valence-electron chi connectivity index (χ0n) is 17.9. The van der Waals surface area contributed by atoms with E-state index < -0.39 is 11.2 Å². The second-order valence-electron chi connectivity index (χ2n) is 7.83. The Hall–Kier alpha value is -4.33. The van der Waals surface area contributed by atoms with Crippen LogP contribution in [0.4, 0.5) is 4.39 Å². The quantitative estimate of drug-likeness (QED) is 0.420. The topological polar surface area (TPSA) is 82.9 Å². The Morgan fingerprint density at radius 1 is 0.970 bits per heavy atom. The smallest absolute Gasteiger partial charge is 0.336 e. The third-order valence-electron chi connectivity index (χ3n) is 5.52. The van der Waals surface area contributed by atoms with Gasteiger partial charge < -0.3 is 4.52 Å². The number of hydrogen-bond acceptors (Lipinski definition) is 5. The second kappa shape index (κ2) is 7.98. The number of halogens is 1. The third-order valence-corrected chi connectivity index (χ3v) is 5.52. The summed E-state index contributed by atoms with van der Waals surface area (Å²) in [5.74, 6) is 0.104. The van der Waals surface area contributed by atoms with Crippen LogP contribution in [0.1, 0.15) is 17.0 Å². The van der Waals surface area contributed by atoms with Crippen molar-refractivity contribution in [1.82, 2.24) is 19.3 Å². The minimum atomic E-state index is -0.506. The summed E-state index contributed by atoms with van der Waals surface area (Å²) in [5, 5.41) is 4.35. The highest BCUT2D eigenvalue weighted by atomic mass is 19.1. The molecule has 164 valence electrons. The van der Waals surface area contributed by atoms with Crippen LogP contribution >= 0.6 is 0 Å². The summed E-state index contributed by atoms with van der Waals surface area (Å²) in [4.78, 5) is 31.2. The van der Waals surface area contributed by atoms with E-state index in [9.17, 15) is 14.0 Å². The first kappa shape index (κ1) is 20.6. The Morgan fingerprint density at radius 2 is 1.73 bits per heavy atom. The summed E-state index contributed by atoms with van der Waals surface area (Å²) >= 11 is 0. The first-order chi connectivity index (χ1) is 15.9. The summed E-state index contributed by atoms with van der Waals surface area (Å²) in [6.45, 7) is 3.73. The molecule has 0 aliphatic rings. The molecular formula is C25H19FN4O3. The number of aryl methyl sites for hydroxylation is 2. The minimum Gasteiger partial charge on any atom is -0.337 e. The number of fused-ring (bicyclic) bond motifs is 1. The molecule has 8 heteroatoms. The molecule has 5 rings (SSSR count). The van der Waals surface area contributed by atoms with E-state index in [2.05, 4.69) is 10.1 Å². The normalized spacial score (nSPS) is 11.2. The highest BCUT2D eigenvalue weighted by Gasteiger charge is 2.18. The van der Waals surface area contributed by atoms with Gasteiger partial charge in [0.1, 0.15) is 12.4 Å². The molecule has 2 heterocycles. The van der Waals surface area contributed by atoms with Gasteiger partial charge in [0.15, 0.2) is 0 Å². The maximum Gasteiger partial charge on any atom is 0.336 e. The van der Waals surface area contributed by atoms with E-state index in [0.29, 0.717) is 22.2 Å². The van der Waals surface area contributed by atoms with E-state index in [4.69, 9.17) is 4.52 Å². The molecule has 7 nitrogen and oxygen atoms in total. The van der Waals surface area contributed by atoms with Gasteiger partial charge in [-0.2, -0.15) is 4.98 Å². The maximum absolute atomic E-state index is 13.6. The first-order valence-corrected chi connectivity index (χ1v) is 10.3. The SMILES string of the molecule is Cc1ccc(C)c(-n2c(=O)c3ccccc3n(Cc3nc(-c4ccc(F)cc4)no3)c2=O)c1. The fourth-order valence-electron chi connectivity index (χ4n) is 3.82. The Kier molecular flexibility index (Phi) is 4.97. The van der Waals surface area contributed by atoms with Crippen LogP contribution in [-0.4, -0.2) is 19.3 Å². The molecule has 0 saturated heterocycles. The Bertz CT molecular complexity index is 1610. The zero-order valence-corrected chi connectivity index (χ0v) is 17.9. The van der Waals surface area contributed by atoms with Crippen molar-refractivity contribution in [3.05, 3.63) is 110 Å². The second-order valence-corrected chi connectivity index (χ2v) is 7.83. The zero-order chi connectivity index (χ0) is 23.1. The van der Waals surface area contributed by atoms with Crippen molar-refractivity contribution in [3.63, 3.8) is 0 Å². The number of hydrogen-bond donors (Lipinski definition) is 0. The first-order valence-electron chi connectivity index (χ1n) is 10.3. The molecule has 0 N–H and O–H groups in total. The highest BCUT2D eigenvalue weighted by Crippen LogP contribution is 2.18. The van der Waals surface area contributed by atoms with Crippen LogP contribution in [0, 0.1) is 19.7 Å². The van der Waals surface area contributed by atoms with Gasteiger partial charge in [0.05, 0.1) is 16.6 Å². The van der Waals surface area contributed by atoms with Gasteiger partial charge in [-0.1, -0.05) is 29.4 Å². The van der Waals surface area contributed by atoms with Crippen molar-refractivity contribution in [3.8, 4) is 17.1 Å². The van der Waals surface area contributed by atoms with Crippen molar-refractivity contribution >= 4 is 10.9 Å². The largest absolute Gasteiger partial charge is 0.337 e. The number of benzene rings is 3. The lowest BCUT2D eigenvalue weighted by Crippen LogP contribution is -2.39. The van der Waals surface area contributed by atoms with Crippen molar-refractivity contribution in [1.29, 1.82) is 0 Å². The summed E-state index contributed by atoms with van der Waals surface area (Å²) in [7, 11) is 0. The molecule has 0 aliphatic carbocycles. The van der Waals surface area contributed by atoms with Gasteiger partial charge >= 0.3 is 5.69 Å². The van der Waals surface area contributed by atoms with Crippen LogP contribution in [0.5, 0.6) is 0 Å². The fraction of sp³-hybridized carbons (Fsp3) is 0.120. The summed E-state index contributed by atoms with van der Waals surface area (Å²) in [6, 6.07) is 18.3. The molecule has 3 aromatic carbocycles. The molecule has 0 aliphatic heterocycles. The van der Waals surface area contributed by atoms with E-state index in [-0.39, 0.29) is 24.1 Å². The van der Waals surface area contributed by atoms with Gasteiger partial charge in [0, 0.05) is 5.56 Å². The van der Waals surface area contributed by atoms with Crippen LogP contribution in [0.15, 0.2) is 80.8 Å². The van der Waals surface area contributed by atoms with E-state index >= 15 is 0 Å². The molecule has 0 atom stereocenters. The van der Waals surface area contributed by atoms with E-state index in [1.807, 2.05) is 32.0 Å². The lowest BCUT2D eigenvalue weighted by Gasteiger charge is -2.14. The van der Waals surface area contributed by atoms with Crippen LogP contribution in [0.25, 0.3) is 28.0 Å². The standard InChI is InChI=1S/C25H19FN4O3/c1-15-7-8-16(2)21(13-15)30-24(31)19-5-3-4-6-20(19)29(25(30)32)14-22-27-23(28-33-22)17-9-11-18(26)12-10-17/h3-13H,14H2,1-2H3. The molecule has 33 heavy (non-hydrogen) atoms. The molecule has 0 amide bonds. The molecule has 0 spiro atoms. The average Bonchev–Trinajstić information content (AvgIpc) is 3.28. The van der Waals surface area contributed by atoms with Crippen LogP contribution in [-0.2, 0) is 6.54 Å². The van der Waals surface area contributed by atoms with Gasteiger partial charge in [0.25, 0.3) is 5.56 Å². The highest BCUT2D eigenvalue weighted by molar-refractivity contribution is 5.78. The summed E-state index contributed by atoms with van der Waals surface area (Å²) < 4.78 is 21.2. The Balaban J connectivity index is 1.68.